The van der Waals surface area contributed by atoms with E-state index in [9.17, 15) is 4.79 Å². The third kappa shape index (κ3) is 3.74. The van der Waals surface area contributed by atoms with E-state index in [4.69, 9.17) is 4.74 Å². The number of hydrogen-bond donors (Lipinski definition) is 1. The molecule has 0 atom stereocenters. The molecule has 0 aliphatic carbocycles. The molecule has 1 heterocycles. The molecule has 1 aliphatic rings. The summed E-state index contributed by atoms with van der Waals surface area (Å²) in [6.07, 6.45) is 1.10. The van der Waals surface area contributed by atoms with Crippen LogP contribution in [0.4, 0.5) is 0 Å². The molecule has 0 saturated heterocycles. The molecular weight excluding hydrogens is 308 g/mol. The van der Waals surface area contributed by atoms with Crippen LogP contribution in [0, 0.1) is 0 Å². The van der Waals surface area contributed by atoms with Crippen LogP contribution < -0.4 is 10.2 Å². The molecule has 3 rings (SSSR count). The Morgan fingerprint density at radius 1 is 1.22 bits per heavy atom. The Labute approximate surface area is 139 Å². The second-order valence-corrected chi connectivity index (χ2v) is 6.31. The van der Waals surface area contributed by atoms with Crippen molar-refractivity contribution in [3.8, 4) is 5.75 Å². The Bertz CT molecular complexity index is 743. The lowest BCUT2D eigenvalue weighted by molar-refractivity contribution is -0.120. The molecule has 0 spiro atoms. The van der Waals surface area contributed by atoms with Crippen LogP contribution in [-0.2, 0) is 11.2 Å². The van der Waals surface area contributed by atoms with Crippen LogP contribution in [0.2, 0.25) is 0 Å². The number of para-hydroxylation sites is 1. The van der Waals surface area contributed by atoms with Gasteiger partial charge >= 0.3 is 0 Å². The van der Waals surface area contributed by atoms with Gasteiger partial charge in [-0.15, -0.1) is 11.8 Å². The van der Waals surface area contributed by atoms with Crippen molar-refractivity contribution >= 4 is 23.4 Å². The highest BCUT2D eigenvalue weighted by atomic mass is 32.2. The van der Waals surface area contributed by atoms with E-state index in [1.54, 1.807) is 7.11 Å². The van der Waals surface area contributed by atoms with E-state index in [1.807, 2.05) is 54.2 Å². The van der Waals surface area contributed by atoms with Gasteiger partial charge < -0.3 is 4.74 Å². The van der Waals surface area contributed by atoms with Gasteiger partial charge in [0.25, 0.3) is 0 Å². The zero-order valence-electron chi connectivity index (χ0n) is 12.9. The molecular formula is C18H18N2O2S. The van der Waals surface area contributed by atoms with Crippen molar-refractivity contribution in [2.24, 2.45) is 5.10 Å². The molecule has 23 heavy (non-hydrogen) atoms. The number of hydrazone groups is 1. The molecule has 1 aliphatic heterocycles. The Hall–Kier alpha value is -2.27. The zero-order valence-corrected chi connectivity index (χ0v) is 13.7. The van der Waals surface area contributed by atoms with E-state index in [1.165, 1.54) is 4.90 Å². The number of hydrogen-bond acceptors (Lipinski definition) is 4. The van der Waals surface area contributed by atoms with Crippen molar-refractivity contribution in [2.75, 3.05) is 12.9 Å². The monoisotopic (exact) mass is 326 g/mol. The molecule has 0 saturated carbocycles. The average molecular weight is 326 g/mol. The quantitative estimate of drug-likeness (QED) is 0.878. The van der Waals surface area contributed by atoms with Gasteiger partial charge in [0.1, 0.15) is 5.75 Å². The lowest BCUT2D eigenvalue weighted by Gasteiger charge is -2.17. The SMILES string of the molecule is COc1ccccc1CC(=O)NN=C1CCSc2ccccc21. The standard InChI is InChI=1S/C18H18N2O2S/c1-22-16-8-4-2-6-13(16)12-18(21)20-19-15-10-11-23-17-9-5-3-7-14(15)17/h2-9H,10-12H2,1H3,(H,20,21). The minimum atomic E-state index is -0.141. The fourth-order valence-electron chi connectivity index (χ4n) is 2.53. The number of carbonyl (C=O) groups excluding carboxylic acids is 1. The van der Waals surface area contributed by atoms with Crippen LogP contribution in [0.25, 0.3) is 0 Å². The number of amides is 1. The highest BCUT2D eigenvalue weighted by molar-refractivity contribution is 7.99. The summed E-state index contributed by atoms with van der Waals surface area (Å²) in [6, 6.07) is 15.7. The number of thioether (sulfide) groups is 1. The first-order valence-corrected chi connectivity index (χ1v) is 8.46. The number of ether oxygens (including phenoxy) is 1. The molecule has 0 aromatic heterocycles. The maximum atomic E-state index is 12.2. The van der Waals surface area contributed by atoms with E-state index in [0.717, 1.165) is 34.8 Å². The summed E-state index contributed by atoms with van der Waals surface area (Å²) >= 11 is 1.82. The second-order valence-electron chi connectivity index (χ2n) is 5.18. The van der Waals surface area contributed by atoms with Crippen LogP contribution in [0.5, 0.6) is 5.75 Å². The van der Waals surface area contributed by atoms with E-state index in [2.05, 4.69) is 16.6 Å². The number of nitrogens with zero attached hydrogens (tertiary/aromatic N) is 1. The van der Waals surface area contributed by atoms with Crippen LogP contribution >= 0.6 is 11.8 Å². The average Bonchev–Trinajstić information content (AvgIpc) is 2.60. The first-order chi connectivity index (χ1) is 11.3. The fourth-order valence-corrected chi connectivity index (χ4v) is 3.56. The van der Waals surface area contributed by atoms with Crippen LogP contribution in [0.15, 0.2) is 58.5 Å². The van der Waals surface area contributed by atoms with Crippen LogP contribution in [-0.4, -0.2) is 24.5 Å². The summed E-state index contributed by atoms with van der Waals surface area (Å²) < 4.78 is 5.27. The third-order valence-corrected chi connectivity index (χ3v) is 4.73. The van der Waals surface area contributed by atoms with Crippen molar-refractivity contribution in [1.82, 2.24) is 5.43 Å². The van der Waals surface area contributed by atoms with E-state index in [-0.39, 0.29) is 12.3 Å². The normalized spacial score (nSPS) is 15.1. The maximum absolute atomic E-state index is 12.2. The zero-order chi connectivity index (χ0) is 16.1. The maximum Gasteiger partial charge on any atom is 0.244 e. The lowest BCUT2D eigenvalue weighted by atomic mass is 10.1. The topological polar surface area (TPSA) is 50.7 Å². The lowest BCUT2D eigenvalue weighted by Crippen LogP contribution is -2.23. The molecule has 2 aromatic rings. The number of carbonyl (C=O) groups is 1. The summed E-state index contributed by atoms with van der Waals surface area (Å²) in [6.45, 7) is 0. The van der Waals surface area contributed by atoms with Gasteiger partial charge in [0.15, 0.2) is 0 Å². The fraction of sp³-hybridized carbons (Fsp3) is 0.222. The largest absolute Gasteiger partial charge is 0.496 e. The molecule has 0 radical (unpaired) electrons. The molecule has 0 unspecified atom stereocenters. The van der Waals surface area contributed by atoms with Crippen molar-refractivity contribution in [1.29, 1.82) is 0 Å². The second kappa shape index (κ2) is 7.33. The first-order valence-electron chi connectivity index (χ1n) is 7.47. The minimum Gasteiger partial charge on any atom is -0.496 e. The number of methoxy groups -OCH3 is 1. The van der Waals surface area contributed by atoms with Gasteiger partial charge in [0.05, 0.1) is 19.2 Å². The number of benzene rings is 2. The van der Waals surface area contributed by atoms with Crippen LogP contribution in [0.3, 0.4) is 0 Å². The minimum absolute atomic E-state index is 0.141. The van der Waals surface area contributed by atoms with E-state index in [0.29, 0.717) is 0 Å². The number of nitrogens with one attached hydrogen (secondary N) is 1. The summed E-state index contributed by atoms with van der Waals surface area (Å²) in [5, 5.41) is 4.34. The predicted molar refractivity (Wildman–Crippen MR) is 93.2 cm³/mol. The highest BCUT2D eigenvalue weighted by Gasteiger charge is 2.16. The highest BCUT2D eigenvalue weighted by Crippen LogP contribution is 2.29. The summed E-state index contributed by atoms with van der Waals surface area (Å²) in [5.41, 5.74) is 5.58. The molecule has 4 nitrogen and oxygen atoms in total. The Kier molecular flexibility index (Phi) is 4.98. The van der Waals surface area contributed by atoms with Crippen molar-refractivity contribution in [3.05, 3.63) is 59.7 Å². The Balaban J connectivity index is 1.70. The van der Waals surface area contributed by atoms with Crippen LogP contribution in [0.1, 0.15) is 17.5 Å². The van der Waals surface area contributed by atoms with E-state index < -0.39 is 0 Å². The van der Waals surface area contributed by atoms with Gasteiger partial charge in [-0.25, -0.2) is 5.43 Å². The summed E-state index contributed by atoms with van der Waals surface area (Å²) in [5.74, 6) is 1.56. The molecule has 2 aromatic carbocycles. The summed E-state index contributed by atoms with van der Waals surface area (Å²) in [4.78, 5) is 13.4. The molecule has 118 valence electrons. The van der Waals surface area contributed by atoms with Crippen molar-refractivity contribution in [3.63, 3.8) is 0 Å². The van der Waals surface area contributed by atoms with E-state index >= 15 is 0 Å². The molecule has 1 N–H and O–H groups in total. The smallest absolute Gasteiger partial charge is 0.244 e. The third-order valence-electron chi connectivity index (χ3n) is 3.65. The Morgan fingerprint density at radius 3 is 2.87 bits per heavy atom. The predicted octanol–water partition coefficient (Wildman–Crippen LogP) is 3.25. The Morgan fingerprint density at radius 2 is 2.00 bits per heavy atom. The molecule has 0 fully saturated rings. The van der Waals surface area contributed by atoms with Gasteiger partial charge in [0.2, 0.25) is 5.91 Å². The van der Waals surface area contributed by atoms with Gasteiger partial charge in [-0.1, -0.05) is 36.4 Å². The van der Waals surface area contributed by atoms with Gasteiger partial charge in [-0.05, 0) is 12.1 Å². The number of fused-ring (bicyclic) bond motifs is 1. The van der Waals surface area contributed by atoms with Crippen molar-refractivity contribution in [2.45, 2.75) is 17.7 Å². The first kappa shape index (κ1) is 15.6. The van der Waals surface area contributed by atoms with Gasteiger partial charge in [-0.2, -0.15) is 5.10 Å². The van der Waals surface area contributed by atoms with Gasteiger partial charge in [0, 0.05) is 28.2 Å². The summed E-state index contributed by atoms with van der Waals surface area (Å²) in [7, 11) is 1.60. The molecule has 0 bridgehead atoms. The van der Waals surface area contributed by atoms with Gasteiger partial charge in [-0.3, -0.25) is 4.79 Å². The number of rotatable bonds is 4. The molecule has 1 amide bonds. The van der Waals surface area contributed by atoms with Crippen molar-refractivity contribution < 1.29 is 9.53 Å². The molecule has 5 heteroatoms.